The minimum Gasteiger partial charge on any atom is -0.469 e. The van der Waals surface area contributed by atoms with Crippen LogP contribution < -0.4 is 11.3 Å². The first-order valence-electron chi connectivity index (χ1n) is 4.77. The SMILES string of the molecule is COC(=O)CCCCCCC(=O)NN. The first-order chi connectivity index (χ1) is 6.70. The average molecular weight is 202 g/mol. The lowest BCUT2D eigenvalue weighted by molar-refractivity contribution is -0.140. The second-order valence-electron chi connectivity index (χ2n) is 3.06. The van der Waals surface area contributed by atoms with Gasteiger partial charge < -0.3 is 4.74 Å². The third-order valence-corrected chi connectivity index (χ3v) is 1.92. The van der Waals surface area contributed by atoms with Crippen LogP contribution in [0, 0.1) is 0 Å². The number of carbonyl (C=O) groups is 2. The minimum absolute atomic E-state index is 0.141. The highest BCUT2D eigenvalue weighted by Crippen LogP contribution is 2.05. The van der Waals surface area contributed by atoms with E-state index in [9.17, 15) is 9.59 Å². The van der Waals surface area contributed by atoms with E-state index < -0.39 is 0 Å². The molecule has 0 bridgehead atoms. The molecule has 3 N–H and O–H groups in total. The van der Waals surface area contributed by atoms with Crippen LogP contribution in [0.2, 0.25) is 0 Å². The van der Waals surface area contributed by atoms with Gasteiger partial charge in [-0.05, 0) is 12.8 Å². The summed E-state index contributed by atoms with van der Waals surface area (Å²) in [4.78, 5) is 21.4. The van der Waals surface area contributed by atoms with Crippen molar-refractivity contribution in [3.63, 3.8) is 0 Å². The monoisotopic (exact) mass is 202 g/mol. The van der Waals surface area contributed by atoms with Crippen LogP contribution >= 0.6 is 0 Å². The smallest absolute Gasteiger partial charge is 0.305 e. The first kappa shape index (κ1) is 12.9. The molecule has 0 aromatic carbocycles. The summed E-state index contributed by atoms with van der Waals surface area (Å²) in [5.74, 6) is 4.59. The number of hydrogen-bond donors (Lipinski definition) is 2. The van der Waals surface area contributed by atoms with Crippen LogP contribution in [0.3, 0.4) is 0 Å². The molecule has 0 rings (SSSR count). The highest BCUT2D eigenvalue weighted by molar-refractivity contribution is 5.75. The number of amides is 1. The van der Waals surface area contributed by atoms with Crippen molar-refractivity contribution >= 4 is 11.9 Å². The number of ether oxygens (including phenoxy) is 1. The van der Waals surface area contributed by atoms with Gasteiger partial charge in [0.25, 0.3) is 0 Å². The number of hydrogen-bond acceptors (Lipinski definition) is 4. The van der Waals surface area contributed by atoms with Crippen molar-refractivity contribution in [3.8, 4) is 0 Å². The number of methoxy groups -OCH3 is 1. The summed E-state index contributed by atoms with van der Waals surface area (Å²) in [6, 6.07) is 0. The van der Waals surface area contributed by atoms with Crippen LogP contribution in [0.5, 0.6) is 0 Å². The Kier molecular flexibility index (Phi) is 7.83. The molecule has 0 saturated heterocycles. The third kappa shape index (κ3) is 7.54. The summed E-state index contributed by atoms with van der Waals surface area (Å²) in [6.45, 7) is 0. The molecule has 1 amide bonds. The van der Waals surface area contributed by atoms with Crippen molar-refractivity contribution in [1.29, 1.82) is 0 Å². The Hall–Kier alpha value is -1.10. The van der Waals surface area contributed by atoms with Crippen molar-refractivity contribution in [2.24, 2.45) is 5.84 Å². The van der Waals surface area contributed by atoms with Gasteiger partial charge in [-0.15, -0.1) is 0 Å². The van der Waals surface area contributed by atoms with E-state index in [1.54, 1.807) is 0 Å². The van der Waals surface area contributed by atoms with Crippen LogP contribution in [-0.4, -0.2) is 19.0 Å². The van der Waals surface area contributed by atoms with E-state index in [4.69, 9.17) is 5.84 Å². The average Bonchev–Trinajstić information content (AvgIpc) is 2.22. The van der Waals surface area contributed by atoms with Crippen molar-refractivity contribution in [1.82, 2.24) is 5.43 Å². The number of esters is 1. The Morgan fingerprint density at radius 1 is 1.14 bits per heavy atom. The Labute approximate surface area is 84.0 Å². The molecule has 0 aliphatic heterocycles. The molecule has 0 aromatic heterocycles. The van der Waals surface area contributed by atoms with Crippen LogP contribution in [0.15, 0.2) is 0 Å². The van der Waals surface area contributed by atoms with Crippen molar-refractivity contribution in [3.05, 3.63) is 0 Å². The molecule has 0 aliphatic carbocycles. The predicted octanol–water partition coefficient (Wildman–Crippen LogP) is 0.490. The summed E-state index contributed by atoms with van der Waals surface area (Å²) in [6.07, 6.45) is 4.41. The van der Waals surface area contributed by atoms with Gasteiger partial charge in [0, 0.05) is 12.8 Å². The quantitative estimate of drug-likeness (QED) is 0.207. The lowest BCUT2D eigenvalue weighted by Gasteiger charge is -2.00. The molecular formula is C9H18N2O3. The zero-order valence-electron chi connectivity index (χ0n) is 8.54. The maximum Gasteiger partial charge on any atom is 0.305 e. The first-order valence-corrected chi connectivity index (χ1v) is 4.77. The molecule has 82 valence electrons. The van der Waals surface area contributed by atoms with E-state index >= 15 is 0 Å². The van der Waals surface area contributed by atoms with Crippen molar-refractivity contribution in [2.45, 2.75) is 38.5 Å². The predicted molar refractivity (Wildman–Crippen MR) is 52.0 cm³/mol. The van der Waals surface area contributed by atoms with E-state index in [2.05, 4.69) is 10.2 Å². The fourth-order valence-corrected chi connectivity index (χ4v) is 1.08. The van der Waals surface area contributed by atoms with Gasteiger partial charge in [0.05, 0.1) is 7.11 Å². The summed E-state index contributed by atoms with van der Waals surface area (Å²) in [7, 11) is 1.38. The van der Waals surface area contributed by atoms with Crippen molar-refractivity contribution in [2.75, 3.05) is 7.11 Å². The lowest BCUT2D eigenvalue weighted by atomic mass is 10.1. The highest BCUT2D eigenvalue weighted by atomic mass is 16.5. The van der Waals surface area contributed by atoms with Gasteiger partial charge in [-0.1, -0.05) is 12.8 Å². The summed E-state index contributed by atoms with van der Waals surface area (Å²) < 4.78 is 4.49. The molecule has 0 unspecified atom stereocenters. The number of hydrazine groups is 1. The van der Waals surface area contributed by atoms with Crippen LogP contribution in [0.25, 0.3) is 0 Å². The number of carbonyl (C=O) groups excluding carboxylic acids is 2. The number of unbranched alkanes of at least 4 members (excludes halogenated alkanes) is 3. The molecule has 5 nitrogen and oxygen atoms in total. The largest absolute Gasteiger partial charge is 0.469 e. The number of nitrogens with one attached hydrogen (secondary N) is 1. The van der Waals surface area contributed by atoms with Crippen LogP contribution in [0.1, 0.15) is 38.5 Å². The maximum absolute atomic E-state index is 10.7. The topological polar surface area (TPSA) is 81.4 Å². The van der Waals surface area contributed by atoms with Gasteiger partial charge in [-0.3, -0.25) is 15.0 Å². The molecular weight excluding hydrogens is 184 g/mol. The Balaban J connectivity index is 3.14. The van der Waals surface area contributed by atoms with Crippen molar-refractivity contribution < 1.29 is 14.3 Å². The molecule has 0 fully saturated rings. The molecule has 0 spiro atoms. The Bertz CT molecular complexity index is 163. The zero-order chi connectivity index (χ0) is 10.8. The summed E-state index contributed by atoms with van der Waals surface area (Å²) in [5.41, 5.74) is 2.07. The van der Waals surface area contributed by atoms with E-state index in [0.29, 0.717) is 12.8 Å². The molecule has 0 atom stereocenters. The number of nitrogens with two attached hydrogens (primary N) is 1. The Morgan fingerprint density at radius 2 is 1.71 bits per heavy atom. The standard InChI is InChI=1S/C9H18N2O3/c1-14-9(13)7-5-3-2-4-6-8(12)11-10/h2-7,10H2,1H3,(H,11,12). The lowest BCUT2D eigenvalue weighted by Crippen LogP contribution is -2.29. The second-order valence-corrected chi connectivity index (χ2v) is 3.06. The molecule has 0 radical (unpaired) electrons. The van der Waals surface area contributed by atoms with E-state index in [-0.39, 0.29) is 11.9 Å². The molecule has 0 heterocycles. The van der Waals surface area contributed by atoms with Crippen LogP contribution in [-0.2, 0) is 14.3 Å². The zero-order valence-corrected chi connectivity index (χ0v) is 8.54. The molecule has 0 aromatic rings. The molecule has 0 aliphatic rings. The van der Waals surface area contributed by atoms with Gasteiger partial charge in [0.2, 0.25) is 5.91 Å². The van der Waals surface area contributed by atoms with E-state index in [1.807, 2.05) is 0 Å². The molecule has 5 heteroatoms. The molecule has 14 heavy (non-hydrogen) atoms. The van der Waals surface area contributed by atoms with Gasteiger partial charge in [0.15, 0.2) is 0 Å². The highest BCUT2D eigenvalue weighted by Gasteiger charge is 2.00. The van der Waals surface area contributed by atoms with Gasteiger partial charge in [0.1, 0.15) is 0 Å². The summed E-state index contributed by atoms with van der Waals surface area (Å²) in [5, 5.41) is 0. The summed E-state index contributed by atoms with van der Waals surface area (Å²) >= 11 is 0. The van der Waals surface area contributed by atoms with E-state index in [1.165, 1.54) is 7.11 Å². The third-order valence-electron chi connectivity index (χ3n) is 1.92. The normalized spacial score (nSPS) is 9.57. The fourth-order valence-electron chi connectivity index (χ4n) is 1.08. The van der Waals surface area contributed by atoms with Gasteiger partial charge >= 0.3 is 5.97 Å². The second kappa shape index (κ2) is 8.50. The van der Waals surface area contributed by atoms with Gasteiger partial charge in [-0.2, -0.15) is 0 Å². The van der Waals surface area contributed by atoms with Gasteiger partial charge in [-0.25, -0.2) is 5.84 Å². The Morgan fingerprint density at radius 3 is 2.21 bits per heavy atom. The fraction of sp³-hybridized carbons (Fsp3) is 0.778. The molecule has 0 saturated carbocycles. The van der Waals surface area contributed by atoms with Crippen LogP contribution in [0.4, 0.5) is 0 Å². The number of rotatable bonds is 7. The minimum atomic E-state index is -0.176. The van der Waals surface area contributed by atoms with E-state index in [0.717, 1.165) is 25.7 Å². The maximum atomic E-state index is 10.7.